The third-order valence-corrected chi connectivity index (χ3v) is 8.81. The summed E-state index contributed by atoms with van der Waals surface area (Å²) >= 11 is 5.90. The summed E-state index contributed by atoms with van der Waals surface area (Å²) in [4.78, 5) is 9.63. The summed E-state index contributed by atoms with van der Waals surface area (Å²) in [6, 6.07) is 16.6. The molecule has 1 saturated carbocycles. The predicted molar refractivity (Wildman–Crippen MR) is 155 cm³/mol. The minimum atomic E-state index is -3.72. The fraction of sp³-hybridized carbons (Fsp3) is 0.310. The third-order valence-electron chi connectivity index (χ3n) is 7.16. The summed E-state index contributed by atoms with van der Waals surface area (Å²) in [7, 11) is -3.72. The van der Waals surface area contributed by atoms with Crippen LogP contribution in [0.5, 0.6) is 0 Å². The maximum Gasteiger partial charge on any atom is 0.261 e. The number of nitrogens with one attached hydrogen (secondary N) is 2. The van der Waals surface area contributed by atoms with Gasteiger partial charge in [-0.15, -0.1) is 0 Å². The molecule has 4 aromatic rings. The third kappa shape index (κ3) is 5.77. The summed E-state index contributed by atoms with van der Waals surface area (Å²) in [5, 5.41) is 4.96. The van der Waals surface area contributed by atoms with E-state index in [0.29, 0.717) is 28.7 Å². The largest absolute Gasteiger partial charge is 0.351 e. The van der Waals surface area contributed by atoms with Crippen molar-refractivity contribution < 1.29 is 8.42 Å². The highest BCUT2D eigenvalue weighted by atomic mass is 35.5. The van der Waals surface area contributed by atoms with Crippen LogP contribution in [0.25, 0.3) is 22.0 Å². The number of nitrogens with two attached hydrogens (primary N) is 1. The molecule has 1 aliphatic rings. The normalized spacial score (nSPS) is 17.9. The number of aryl methyl sites for hydroxylation is 2. The Hall–Kier alpha value is -3.20. The van der Waals surface area contributed by atoms with Crippen LogP contribution in [-0.2, 0) is 16.4 Å². The van der Waals surface area contributed by atoms with E-state index in [0.717, 1.165) is 65.3 Å². The first-order chi connectivity index (χ1) is 18.2. The van der Waals surface area contributed by atoms with Gasteiger partial charge in [-0.2, -0.15) is 0 Å². The zero-order chi connectivity index (χ0) is 26.9. The number of nitrogens with zero attached hydrogens (tertiary/aromatic N) is 2. The molecule has 0 amide bonds. The van der Waals surface area contributed by atoms with Gasteiger partial charge in [-0.3, -0.25) is 4.72 Å². The monoisotopic (exact) mass is 549 g/mol. The van der Waals surface area contributed by atoms with Gasteiger partial charge in [0.25, 0.3) is 10.0 Å². The highest BCUT2D eigenvalue weighted by Gasteiger charge is 2.20. The summed E-state index contributed by atoms with van der Waals surface area (Å²) in [5.74, 6) is 0.661. The van der Waals surface area contributed by atoms with E-state index in [-0.39, 0.29) is 4.90 Å². The van der Waals surface area contributed by atoms with E-state index in [1.807, 2.05) is 25.3 Å². The summed E-state index contributed by atoms with van der Waals surface area (Å²) in [6.07, 6.45) is 6.83. The summed E-state index contributed by atoms with van der Waals surface area (Å²) < 4.78 is 28.3. The maximum atomic E-state index is 12.8. The molecule has 0 radical (unpaired) electrons. The van der Waals surface area contributed by atoms with E-state index in [9.17, 15) is 8.42 Å². The van der Waals surface area contributed by atoms with Crippen molar-refractivity contribution in [2.45, 2.75) is 62.9 Å². The Morgan fingerprint density at radius 2 is 1.76 bits per heavy atom. The van der Waals surface area contributed by atoms with E-state index in [1.54, 1.807) is 18.2 Å². The molecule has 5 rings (SSSR count). The molecule has 1 fully saturated rings. The van der Waals surface area contributed by atoms with Gasteiger partial charge in [-0.1, -0.05) is 24.6 Å². The number of sulfonamides is 1. The number of hydrogen-bond acceptors (Lipinski definition) is 6. The van der Waals surface area contributed by atoms with Crippen LogP contribution >= 0.6 is 11.6 Å². The van der Waals surface area contributed by atoms with Crippen LogP contribution in [0.1, 0.15) is 43.7 Å². The van der Waals surface area contributed by atoms with E-state index < -0.39 is 10.0 Å². The van der Waals surface area contributed by atoms with Crippen molar-refractivity contribution in [3.8, 4) is 11.1 Å². The maximum absolute atomic E-state index is 12.8. The van der Waals surface area contributed by atoms with Crippen LogP contribution in [-0.4, -0.2) is 30.5 Å². The first-order valence-electron chi connectivity index (χ1n) is 12.9. The van der Waals surface area contributed by atoms with Gasteiger partial charge >= 0.3 is 0 Å². The van der Waals surface area contributed by atoms with Crippen molar-refractivity contribution in [2.24, 2.45) is 5.73 Å². The molecule has 38 heavy (non-hydrogen) atoms. The fourth-order valence-corrected chi connectivity index (χ4v) is 6.21. The standard InChI is InChI=1S/C29H32ClN5O2S/c1-3-19-15-20(16-21-17-32-29(34-28(19)21)33-24-8-6-23(31)7-9-24)27-13-10-25(14-18(27)2)35-38(36,37)26-11-4-22(30)5-12-26/h4-5,10-17,23-24,35H,3,6-9,31H2,1-2H3,(H,32,33,34). The molecule has 0 spiro atoms. The zero-order valence-corrected chi connectivity index (χ0v) is 23.1. The second-order valence-corrected chi connectivity index (χ2v) is 12.1. The van der Waals surface area contributed by atoms with Crippen LogP contribution in [0.4, 0.5) is 11.6 Å². The predicted octanol–water partition coefficient (Wildman–Crippen LogP) is 6.30. The molecular formula is C29H32ClN5O2S. The van der Waals surface area contributed by atoms with Crippen LogP contribution < -0.4 is 15.8 Å². The van der Waals surface area contributed by atoms with Crippen molar-refractivity contribution in [3.05, 3.63) is 76.9 Å². The van der Waals surface area contributed by atoms with Gasteiger partial charge < -0.3 is 11.1 Å². The van der Waals surface area contributed by atoms with E-state index >= 15 is 0 Å². The number of anilines is 2. The molecular weight excluding hydrogens is 518 g/mol. The number of aromatic nitrogens is 2. The lowest BCUT2D eigenvalue weighted by atomic mass is 9.92. The van der Waals surface area contributed by atoms with Gasteiger partial charge in [0.05, 0.1) is 10.4 Å². The molecule has 0 aliphatic heterocycles. The second kappa shape index (κ2) is 10.9. The van der Waals surface area contributed by atoms with Crippen molar-refractivity contribution in [2.75, 3.05) is 10.0 Å². The Balaban J connectivity index is 1.40. The number of halogens is 1. The van der Waals surface area contributed by atoms with Gasteiger partial charge in [0.15, 0.2) is 0 Å². The number of fused-ring (bicyclic) bond motifs is 1. The Morgan fingerprint density at radius 3 is 2.45 bits per heavy atom. The quantitative estimate of drug-likeness (QED) is 0.249. The molecule has 9 heteroatoms. The first kappa shape index (κ1) is 26.4. The van der Waals surface area contributed by atoms with Crippen molar-refractivity contribution in [1.82, 2.24) is 9.97 Å². The lowest BCUT2D eigenvalue weighted by Gasteiger charge is -2.26. The Morgan fingerprint density at radius 1 is 1.03 bits per heavy atom. The Bertz CT molecular complexity index is 1570. The lowest BCUT2D eigenvalue weighted by Crippen LogP contribution is -2.33. The van der Waals surface area contributed by atoms with Crippen molar-refractivity contribution in [3.63, 3.8) is 0 Å². The molecule has 4 N–H and O–H groups in total. The second-order valence-electron chi connectivity index (χ2n) is 9.97. The topological polar surface area (TPSA) is 110 Å². The summed E-state index contributed by atoms with van der Waals surface area (Å²) in [5.41, 5.74) is 11.7. The van der Waals surface area contributed by atoms with Crippen LogP contribution in [0.3, 0.4) is 0 Å². The van der Waals surface area contributed by atoms with Crippen LogP contribution in [0, 0.1) is 6.92 Å². The minimum Gasteiger partial charge on any atom is -0.351 e. The van der Waals surface area contributed by atoms with Crippen molar-refractivity contribution >= 4 is 44.2 Å². The van der Waals surface area contributed by atoms with E-state index in [4.69, 9.17) is 22.3 Å². The Labute approximate surface area is 228 Å². The lowest BCUT2D eigenvalue weighted by molar-refractivity contribution is 0.410. The molecule has 0 atom stereocenters. The fourth-order valence-electron chi connectivity index (χ4n) is 5.04. The molecule has 0 bridgehead atoms. The molecule has 3 aromatic carbocycles. The molecule has 1 aromatic heterocycles. The number of benzene rings is 3. The Kier molecular flexibility index (Phi) is 7.56. The van der Waals surface area contributed by atoms with Gasteiger partial charge in [0.2, 0.25) is 5.95 Å². The van der Waals surface area contributed by atoms with Crippen LogP contribution in [0.15, 0.2) is 65.7 Å². The minimum absolute atomic E-state index is 0.159. The molecule has 198 valence electrons. The molecule has 7 nitrogen and oxygen atoms in total. The molecule has 0 unspecified atom stereocenters. The van der Waals surface area contributed by atoms with Crippen molar-refractivity contribution in [1.29, 1.82) is 0 Å². The summed E-state index contributed by atoms with van der Waals surface area (Å²) in [6.45, 7) is 4.10. The SMILES string of the molecule is CCc1cc(-c2ccc(NS(=O)(=O)c3ccc(Cl)cc3)cc2C)cc2cnc(NC3CCC(N)CC3)nc12. The van der Waals surface area contributed by atoms with E-state index in [1.165, 1.54) is 12.1 Å². The number of rotatable bonds is 7. The van der Waals surface area contributed by atoms with Gasteiger partial charge in [-0.05, 0) is 110 Å². The van der Waals surface area contributed by atoms with Gasteiger partial charge in [0, 0.05) is 34.4 Å². The molecule has 1 aliphatic carbocycles. The zero-order valence-electron chi connectivity index (χ0n) is 21.5. The highest BCUT2D eigenvalue weighted by molar-refractivity contribution is 7.92. The van der Waals surface area contributed by atoms with Gasteiger partial charge in [-0.25, -0.2) is 18.4 Å². The highest BCUT2D eigenvalue weighted by Crippen LogP contribution is 2.32. The van der Waals surface area contributed by atoms with Crippen LogP contribution in [0.2, 0.25) is 5.02 Å². The average molecular weight is 550 g/mol. The van der Waals surface area contributed by atoms with E-state index in [2.05, 4.69) is 34.1 Å². The van der Waals surface area contributed by atoms with Gasteiger partial charge in [0.1, 0.15) is 0 Å². The molecule has 1 heterocycles. The molecule has 0 saturated heterocycles. The number of hydrogen-bond donors (Lipinski definition) is 3. The first-order valence-corrected chi connectivity index (χ1v) is 14.8. The average Bonchev–Trinajstić information content (AvgIpc) is 2.89. The smallest absolute Gasteiger partial charge is 0.261 e.